The Labute approximate surface area is 192 Å². The molecule has 33 heavy (non-hydrogen) atoms. The molecule has 0 atom stereocenters. The molecule has 4 rings (SSSR count). The third-order valence-corrected chi connectivity index (χ3v) is 7.61. The minimum absolute atomic E-state index is 0.0400. The molecule has 1 N–H and O–H groups in total. The van der Waals surface area contributed by atoms with Gasteiger partial charge in [-0.1, -0.05) is 34.9 Å². The first-order valence-corrected chi connectivity index (χ1v) is 12.1. The molecule has 0 bridgehead atoms. The van der Waals surface area contributed by atoms with Crippen LogP contribution in [0.25, 0.3) is 0 Å². The number of piperidine rings is 1. The number of ether oxygens (including phenoxy) is 1. The van der Waals surface area contributed by atoms with Crippen LogP contribution >= 0.6 is 0 Å². The number of hydrogen-bond acceptors (Lipinski definition) is 7. The number of sulfonamides is 1. The number of methoxy groups -OCH3 is 1. The van der Waals surface area contributed by atoms with Crippen molar-refractivity contribution in [2.24, 2.45) is 5.92 Å². The molecule has 0 unspecified atom stereocenters. The summed E-state index contributed by atoms with van der Waals surface area (Å²) in [7, 11) is -1.96. The van der Waals surface area contributed by atoms with Crippen molar-refractivity contribution in [3.63, 3.8) is 0 Å². The molecule has 1 aromatic heterocycles. The second-order valence-electron chi connectivity index (χ2n) is 8.01. The number of amides is 1. The van der Waals surface area contributed by atoms with Crippen molar-refractivity contribution in [2.75, 3.05) is 25.5 Å². The summed E-state index contributed by atoms with van der Waals surface area (Å²) in [6.07, 6.45) is 1.27. The lowest BCUT2D eigenvalue weighted by Gasteiger charge is -2.30. The Morgan fingerprint density at radius 1 is 1.09 bits per heavy atom. The van der Waals surface area contributed by atoms with E-state index in [2.05, 4.69) is 15.5 Å². The molecule has 3 aromatic rings. The molecule has 1 fully saturated rings. The summed E-state index contributed by atoms with van der Waals surface area (Å²) in [5.41, 5.74) is 1.97. The zero-order valence-electron chi connectivity index (χ0n) is 18.5. The number of carbonyl (C=O) groups excluding carboxylic acids is 1. The lowest BCUT2D eigenvalue weighted by molar-refractivity contribution is -0.121. The highest BCUT2D eigenvalue weighted by atomic mass is 32.2. The van der Waals surface area contributed by atoms with Crippen molar-refractivity contribution >= 4 is 21.9 Å². The van der Waals surface area contributed by atoms with Gasteiger partial charge in [0.2, 0.25) is 21.8 Å². The number of rotatable bonds is 7. The van der Waals surface area contributed by atoms with Gasteiger partial charge in [-0.15, -0.1) is 5.10 Å². The van der Waals surface area contributed by atoms with Crippen molar-refractivity contribution in [2.45, 2.75) is 31.1 Å². The molecule has 0 radical (unpaired) electrons. The van der Waals surface area contributed by atoms with Gasteiger partial charge in [-0.25, -0.2) is 8.42 Å². The molecule has 9 nitrogen and oxygen atoms in total. The van der Waals surface area contributed by atoms with E-state index in [1.54, 1.807) is 31.4 Å². The van der Waals surface area contributed by atoms with E-state index < -0.39 is 10.0 Å². The summed E-state index contributed by atoms with van der Waals surface area (Å²) in [5.74, 6) is 0.567. The lowest BCUT2D eigenvalue weighted by atomic mass is 9.97. The zero-order valence-corrected chi connectivity index (χ0v) is 19.3. The third-order valence-electron chi connectivity index (χ3n) is 5.69. The highest BCUT2D eigenvalue weighted by molar-refractivity contribution is 7.89. The van der Waals surface area contributed by atoms with Crippen LogP contribution in [0.5, 0.6) is 5.75 Å². The third kappa shape index (κ3) is 5.40. The standard InChI is InChI=1S/C23H26N4O5S/c1-16-3-9-20(10-4-16)33(29,30)27-13-11-18(12-14-27)22(28)24-23-26-25-21(32-23)15-17-5-7-19(31-2)8-6-17/h3-10,18H,11-15H2,1-2H3,(H,24,26,28). The summed E-state index contributed by atoms with van der Waals surface area (Å²) < 4.78 is 37.8. The first-order valence-electron chi connectivity index (χ1n) is 10.7. The van der Waals surface area contributed by atoms with E-state index >= 15 is 0 Å². The van der Waals surface area contributed by atoms with Gasteiger partial charge >= 0.3 is 6.01 Å². The predicted octanol–water partition coefficient (Wildman–Crippen LogP) is 3.02. The van der Waals surface area contributed by atoms with E-state index in [9.17, 15) is 13.2 Å². The van der Waals surface area contributed by atoms with Crippen LogP contribution < -0.4 is 10.1 Å². The molecule has 0 spiro atoms. The molecule has 1 saturated heterocycles. The maximum absolute atomic E-state index is 12.8. The summed E-state index contributed by atoms with van der Waals surface area (Å²) in [6.45, 7) is 2.47. The van der Waals surface area contributed by atoms with Gasteiger partial charge < -0.3 is 9.15 Å². The van der Waals surface area contributed by atoms with E-state index in [-0.39, 0.29) is 35.8 Å². The maximum Gasteiger partial charge on any atom is 0.322 e. The van der Waals surface area contributed by atoms with Gasteiger partial charge in [-0.2, -0.15) is 4.31 Å². The van der Waals surface area contributed by atoms with Crippen LogP contribution in [-0.4, -0.2) is 49.0 Å². The van der Waals surface area contributed by atoms with Gasteiger partial charge in [-0.05, 0) is 49.6 Å². The Kier molecular flexibility index (Phi) is 6.75. The summed E-state index contributed by atoms with van der Waals surface area (Å²) in [4.78, 5) is 12.9. The molecular weight excluding hydrogens is 444 g/mol. The fraction of sp³-hybridized carbons (Fsp3) is 0.348. The molecule has 10 heteroatoms. The molecule has 0 aliphatic carbocycles. The highest BCUT2D eigenvalue weighted by Crippen LogP contribution is 2.25. The Morgan fingerprint density at radius 2 is 1.76 bits per heavy atom. The monoisotopic (exact) mass is 470 g/mol. The van der Waals surface area contributed by atoms with Crippen LogP contribution in [-0.2, 0) is 21.2 Å². The van der Waals surface area contributed by atoms with Gasteiger partial charge in [-0.3, -0.25) is 10.1 Å². The molecule has 2 aromatic carbocycles. The van der Waals surface area contributed by atoms with Crippen LogP contribution in [0.15, 0.2) is 57.8 Å². The lowest BCUT2D eigenvalue weighted by Crippen LogP contribution is -2.41. The fourth-order valence-electron chi connectivity index (χ4n) is 3.72. The number of hydrogen-bond donors (Lipinski definition) is 1. The number of nitrogens with one attached hydrogen (secondary N) is 1. The van der Waals surface area contributed by atoms with Crippen molar-refractivity contribution < 1.29 is 22.4 Å². The average molecular weight is 471 g/mol. The van der Waals surface area contributed by atoms with Crippen molar-refractivity contribution in [3.05, 3.63) is 65.5 Å². The van der Waals surface area contributed by atoms with Crippen LogP contribution in [0, 0.1) is 12.8 Å². The minimum atomic E-state index is -3.56. The van der Waals surface area contributed by atoms with Crippen molar-refractivity contribution in [3.8, 4) is 5.75 Å². The summed E-state index contributed by atoms with van der Waals surface area (Å²) >= 11 is 0. The predicted molar refractivity (Wildman–Crippen MR) is 121 cm³/mol. The smallest absolute Gasteiger partial charge is 0.322 e. The topological polar surface area (TPSA) is 115 Å². The Morgan fingerprint density at radius 3 is 2.39 bits per heavy atom. The number of carbonyl (C=O) groups is 1. The molecule has 1 amide bonds. The fourth-order valence-corrected chi connectivity index (χ4v) is 5.19. The SMILES string of the molecule is COc1ccc(Cc2nnc(NC(=O)C3CCN(S(=O)(=O)c4ccc(C)cc4)CC3)o2)cc1. The number of nitrogens with zero attached hydrogens (tertiary/aromatic N) is 3. The van der Waals surface area contributed by atoms with E-state index in [0.29, 0.717) is 25.2 Å². The first kappa shape index (κ1) is 22.9. The quantitative estimate of drug-likeness (QED) is 0.564. The Hall–Kier alpha value is -3.24. The Balaban J connectivity index is 1.31. The van der Waals surface area contributed by atoms with E-state index in [0.717, 1.165) is 16.9 Å². The van der Waals surface area contributed by atoms with Gasteiger partial charge in [0, 0.05) is 19.0 Å². The minimum Gasteiger partial charge on any atom is -0.497 e. The molecule has 1 aliphatic heterocycles. The molecule has 2 heterocycles. The molecule has 174 valence electrons. The normalized spacial score (nSPS) is 15.3. The van der Waals surface area contributed by atoms with E-state index in [1.807, 2.05) is 31.2 Å². The Bertz CT molecular complexity index is 1200. The number of benzene rings is 2. The summed E-state index contributed by atoms with van der Waals surface area (Å²) in [5, 5.41) is 10.5. The van der Waals surface area contributed by atoms with Crippen LogP contribution in [0.2, 0.25) is 0 Å². The second-order valence-corrected chi connectivity index (χ2v) is 9.94. The van der Waals surface area contributed by atoms with Crippen molar-refractivity contribution in [1.29, 1.82) is 0 Å². The molecule has 0 saturated carbocycles. The van der Waals surface area contributed by atoms with Crippen molar-refractivity contribution in [1.82, 2.24) is 14.5 Å². The van der Waals surface area contributed by atoms with Crippen LogP contribution in [0.4, 0.5) is 6.01 Å². The molecule has 1 aliphatic rings. The van der Waals surface area contributed by atoms with Gasteiger partial charge in [0.05, 0.1) is 18.4 Å². The van der Waals surface area contributed by atoms with Gasteiger partial charge in [0.1, 0.15) is 5.75 Å². The molecular formula is C23H26N4O5S. The largest absolute Gasteiger partial charge is 0.497 e. The van der Waals surface area contributed by atoms with Crippen LogP contribution in [0.1, 0.15) is 29.9 Å². The van der Waals surface area contributed by atoms with Gasteiger partial charge in [0.15, 0.2) is 0 Å². The first-order chi connectivity index (χ1) is 15.8. The second kappa shape index (κ2) is 9.72. The highest BCUT2D eigenvalue weighted by Gasteiger charge is 2.32. The van der Waals surface area contributed by atoms with Gasteiger partial charge in [0.25, 0.3) is 0 Å². The number of aryl methyl sites for hydroxylation is 1. The zero-order chi connectivity index (χ0) is 23.4. The maximum atomic E-state index is 12.8. The number of aromatic nitrogens is 2. The van der Waals surface area contributed by atoms with E-state index in [4.69, 9.17) is 9.15 Å². The summed E-state index contributed by atoms with van der Waals surface area (Å²) in [6, 6.07) is 14.3. The average Bonchev–Trinajstić information content (AvgIpc) is 3.26. The van der Waals surface area contributed by atoms with E-state index in [1.165, 1.54) is 4.31 Å². The number of anilines is 1. The van der Waals surface area contributed by atoms with Crippen LogP contribution in [0.3, 0.4) is 0 Å².